The number of hydroxylamine groups is 2. The number of likely N-dealkylation sites (N-methyl/N-ethyl adjacent to an activating group) is 2. The van der Waals surface area contributed by atoms with Crippen molar-refractivity contribution in [2.24, 2.45) is 29.1 Å². The fraction of sp³-hybridized carbons (Fsp3) is 0.583. The Labute approximate surface area is 368 Å². The smallest absolute Gasteiger partial charge is 0.251 e. The van der Waals surface area contributed by atoms with E-state index in [1.54, 1.807) is 19.1 Å². The Morgan fingerprint density at radius 3 is 2.44 bits per heavy atom. The van der Waals surface area contributed by atoms with E-state index in [1.165, 1.54) is 6.42 Å². The normalized spacial score (nSPS) is 25.5. The highest BCUT2D eigenvalue weighted by Crippen LogP contribution is 2.61. The monoisotopic (exact) mass is 860 g/mol. The molecule has 1 unspecified atom stereocenters. The molecule has 0 aromatic heterocycles. The quantitative estimate of drug-likeness (QED) is 0.0926. The van der Waals surface area contributed by atoms with Gasteiger partial charge in [0.1, 0.15) is 17.9 Å². The van der Waals surface area contributed by atoms with Crippen molar-refractivity contribution in [1.82, 2.24) is 25.5 Å². The van der Waals surface area contributed by atoms with E-state index in [0.717, 1.165) is 47.5 Å². The first kappa shape index (κ1) is 46.7. The fourth-order valence-electron chi connectivity index (χ4n) is 10.3. The zero-order chi connectivity index (χ0) is 44.0. The highest BCUT2D eigenvalue weighted by atomic mass is 35.5. The van der Waals surface area contributed by atoms with Crippen molar-refractivity contribution in [2.45, 2.75) is 83.8 Å². The lowest BCUT2D eigenvalue weighted by molar-refractivity contribution is -0.183. The number of nitrogens with one attached hydrogen (secondary N) is 3. The van der Waals surface area contributed by atoms with Gasteiger partial charge in [-0.1, -0.05) is 69.3 Å². The van der Waals surface area contributed by atoms with Crippen LogP contribution in [-0.2, 0) is 22.6 Å². The molecule has 12 nitrogen and oxygen atoms in total. The third-order valence-electron chi connectivity index (χ3n) is 13.7. The van der Waals surface area contributed by atoms with Gasteiger partial charge in [0.15, 0.2) is 0 Å². The number of fused-ring (bicyclic) bond motifs is 2. The van der Waals surface area contributed by atoms with E-state index in [2.05, 4.69) is 58.7 Å². The van der Waals surface area contributed by atoms with Crippen molar-refractivity contribution in [1.29, 1.82) is 0 Å². The average molecular weight is 862 g/mol. The minimum Gasteiger partial charge on any atom is -0.496 e. The van der Waals surface area contributed by atoms with Crippen LogP contribution < -0.4 is 20.7 Å². The lowest BCUT2D eigenvalue weighted by Gasteiger charge is -2.62. The van der Waals surface area contributed by atoms with Gasteiger partial charge in [-0.25, -0.2) is 0 Å². The minimum absolute atomic E-state index is 0.0244. The number of hydrogen-bond donors (Lipinski definition) is 5. The Morgan fingerprint density at radius 2 is 1.80 bits per heavy atom. The molecular weight excluding hydrogens is 792 g/mol. The van der Waals surface area contributed by atoms with Crippen molar-refractivity contribution in [2.75, 3.05) is 72.2 Å². The van der Waals surface area contributed by atoms with Crippen LogP contribution in [0.4, 0.5) is 5.69 Å². The fourth-order valence-corrected chi connectivity index (χ4v) is 10.6. The van der Waals surface area contributed by atoms with E-state index >= 15 is 0 Å². The molecule has 334 valence electrons. The van der Waals surface area contributed by atoms with Crippen molar-refractivity contribution >= 4 is 29.1 Å². The van der Waals surface area contributed by atoms with Gasteiger partial charge in [-0.2, -0.15) is 5.06 Å². The molecule has 3 aliphatic carbocycles. The molecule has 5 N–H and O–H groups in total. The second-order valence-electron chi connectivity index (χ2n) is 18.6. The number of rotatable bonds is 20. The molecule has 7 rings (SSSR count). The molecule has 3 saturated carbocycles. The van der Waals surface area contributed by atoms with E-state index in [4.69, 9.17) is 21.2 Å². The molecule has 0 spiro atoms. The summed E-state index contributed by atoms with van der Waals surface area (Å²) in [6.07, 6.45) is 1.11. The maximum atomic E-state index is 14.4. The summed E-state index contributed by atoms with van der Waals surface area (Å²) < 4.78 is 6.16. The molecule has 13 heteroatoms. The van der Waals surface area contributed by atoms with Gasteiger partial charge in [-0.3, -0.25) is 14.4 Å². The Bertz CT molecular complexity index is 1930. The van der Waals surface area contributed by atoms with Gasteiger partial charge in [-0.15, -0.1) is 11.6 Å². The van der Waals surface area contributed by atoms with Crippen LogP contribution in [0.3, 0.4) is 0 Å². The Kier molecular flexibility index (Phi) is 15.8. The molecule has 1 heterocycles. The van der Waals surface area contributed by atoms with E-state index in [1.807, 2.05) is 75.7 Å². The van der Waals surface area contributed by atoms with Crippen molar-refractivity contribution < 1.29 is 29.4 Å². The summed E-state index contributed by atoms with van der Waals surface area (Å²) in [5, 5.41) is 33.3. The standard InChI is InChI=1S/C48H69ClN6O6/c1-30-40-25-36(48(40,3)4)26-41(30)52-47(59)44-43(31(2)57)42(29-56)61-55(44)27-33-15-12-16-39(45(33)60-8)34-22-35(24-37(23-34)50-18-20-54(7)19-17-49)46(58)51-38(28-53(5)6)21-32-13-10-9-11-14-32/h9-16,22-24,30-31,36,38,40-44,50,56-57H,17-21,25-29H2,1-8H3,(H,51,58)(H,52,59)/t30-,31-,36-,38-,40+,41?,42-,43-,44-/m0/s1. The van der Waals surface area contributed by atoms with Crippen molar-refractivity contribution in [3.8, 4) is 16.9 Å². The third kappa shape index (κ3) is 10.9. The second kappa shape index (κ2) is 20.6. The van der Waals surface area contributed by atoms with Crippen LogP contribution in [0, 0.1) is 29.1 Å². The maximum absolute atomic E-state index is 14.4. The molecule has 3 aromatic rings. The number of alkyl halides is 1. The summed E-state index contributed by atoms with van der Waals surface area (Å²) in [5.74, 6) is 1.48. The Balaban J connectivity index is 1.30. The second-order valence-corrected chi connectivity index (χ2v) is 19.0. The van der Waals surface area contributed by atoms with Gasteiger partial charge in [0.05, 0.1) is 26.4 Å². The number of carbonyl (C=O) groups is 2. The van der Waals surface area contributed by atoms with E-state index in [0.29, 0.717) is 54.5 Å². The molecule has 1 aliphatic heterocycles. The largest absolute Gasteiger partial charge is 0.496 e. The summed E-state index contributed by atoms with van der Waals surface area (Å²) in [6, 6.07) is 20.8. The zero-order valence-electron chi connectivity index (χ0n) is 37.4. The maximum Gasteiger partial charge on any atom is 0.251 e. The number of halogens is 1. The summed E-state index contributed by atoms with van der Waals surface area (Å²) in [4.78, 5) is 39.2. The molecule has 1 saturated heterocycles. The Morgan fingerprint density at radius 1 is 1.05 bits per heavy atom. The predicted octanol–water partition coefficient (Wildman–Crippen LogP) is 5.51. The number of nitrogens with zero attached hydrogens (tertiary/aromatic N) is 3. The van der Waals surface area contributed by atoms with Gasteiger partial charge in [0.2, 0.25) is 5.91 Å². The number of carbonyl (C=O) groups excluding carboxylic acids is 2. The van der Waals surface area contributed by atoms with Crippen LogP contribution in [-0.4, -0.2) is 134 Å². The van der Waals surface area contributed by atoms with Crippen molar-refractivity contribution in [3.63, 3.8) is 0 Å². The first-order valence-corrected chi connectivity index (χ1v) is 22.5. The predicted molar refractivity (Wildman–Crippen MR) is 243 cm³/mol. The zero-order valence-corrected chi connectivity index (χ0v) is 38.1. The number of methoxy groups -OCH3 is 1. The highest BCUT2D eigenvalue weighted by molar-refractivity contribution is 6.18. The summed E-state index contributed by atoms with van der Waals surface area (Å²) in [7, 11) is 7.64. The van der Waals surface area contributed by atoms with Crippen LogP contribution in [0.1, 0.15) is 62.0 Å². The number of ether oxygens (including phenoxy) is 1. The number of benzene rings is 3. The highest BCUT2D eigenvalue weighted by Gasteiger charge is 2.57. The van der Waals surface area contributed by atoms with Gasteiger partial charge < -0.3 is 40.7 Å². The molecular formula is C48H69ClN6O6. The topological polar surface area (TPSA) is 139 Å². The van der Waals surface area contributed by atoms with Gasteiger partial charge in [0.25, 0.3) is 5.91 Å². The molecule has 61 heavy (non-hydrogen) atoms. The number of anilines is 1. The lowest BCUT2D eigenvalue weighted by atomic mass is 9.45. The van der Waals surface area contributed by atoms with Crippen molar-refractivity contribution in [3.05, 3.63) is 83.4 Å². The molecule has 2 bridgehead atoms. The first-order chi connectivity index (χ1) is 29.1. The Hall–Kier alpha value is -3.75. The molecule has 0 radical (unpaired) electrons. The average Bonchev–Trinajstić information content (AvgIpc) is 3.60. The van der Waals surface area contributed by atoms with Crippen LogP contribution in [0.15, 0.2) is 66.7 Å². The lowest BCUT2D eigenvalue weighted by Crippen LogP contribution is -2.62. The number of aliphatic hydroxyl groups excluding tert-OH is 2. The van der Waals surface area contributed by atoms with E-state index < -0.39 is 24.2 Å². The van der Waals surface area contributed by atoms with Crippen LogP contribution in [0.25, 0.3) is 11.1 Å². The summed E-state index contributed by atoms with van der Waals surface area (Å²) in [6.45, 7) is 11.2. The number of hydrogen-bond acceptors (Lipinski definition) is 10. The molecule has 2 amide bonds. The number of para-hydroxylation sites is 1. The molecule has 3 aromatic carbocycles. The summed E-state index contributed by atoms with van der Waals surface area (Å²) in [5.41, 5.74) is 4.98. The number of aliphatic hydroxyl groups is 2. The first-order valence-electron chi connectivity index (χ1n) is 22.0. The minimum atomic E-state index is -0.915. The van der Waals surface area contributed by atoms with E-state index in [9.17, 15) is 19.8 Å². The SMILES string of the molecule is COc1c(CN2O[C@@H](CO)[C@H]([C@H](C)O)[C@H]2C(=O)NC2C[C@@H]3C[C@H]([C@@H]2C)C3(C)C)cccc1-c1cc(NCCN(C)CCCl)cc(C(=O)N[C@@H](Cc2ccccc2)CN(C)C)c1. The molecule has 4 fully saturated rings. The third-order valence-corrected chi connectivity index (χ3v) is 13.9. The van der Waals surface area contributed by atoms with Crippen LogP contribution in [0.2, 0.25) is 0 Å². The number of amides is 2. The van der Waals surface area contributed by atoms with Gasteiger partial charge in [0, 0.05) is 72.4 Å². The molecule has 9 atom stereocenters. The van der Waals surface area contributed by atoms with Crippen LogP contribution >= 0.6 is 11.6 Å². The summed E-state index contributed by atoms with van der Waals surface area (Å²) >= 11 is 6.00. The van der Waals surface area contributed by atoms with Gasteiger partial charge in [-0.05, 0) is 99.8 Å². The van der Waals surface area contributed by atoms with Gasteiger partial charge >= 0.3 is 0 Å². The van der Waals surface area contributed by atoms with Crippen LogP contribution in [0.5, 0.6) is 5.75 Å². The van der Waals surface area contributed by atoms with E-state index in [-0.39, 0.29) is 42.5 Å². The molecule has 4 aliphatic rings.